The molecule has 0 aromatic heterocycles. The summed E-state index contributed by atoms with van der Waals surface area (Å²) < 4.78 is 0. The molecule has 0 fully saturated rings. The molecule has 1 atom stereocenters. The van der Waals surface area contributed by atoms with Crippen molar-refractivity contribution in [2.75, 3.05) is 0 Å². The Hall–Kier alpha value is -1.93. The molecule has 0 heterocycles. The second kappa shape index (κ2) is 9.39. The summed E-state index contributed by atoms with van der Waals surface area (Å²) in [5.41, 5.74) is 4.18. The summed E-state index contributed by atoms with van der Waals surface area (Å²) in [6, 6.07) is 16.1. The third kappa shape index (κ3) is 5.31. The van der Waals surface area contributed by atoms with Crippen molar-refractivity contribution >= 4 is 5.78 Å². The number of aliphatic hydroxyl groups excluding tert-OH is 1. The Labute approximate surface area is 145 Å². The molecule has 24 heavy (non-hydrogen) atoms. The van der Waals surface area contributed by atoms with Crippen molar-refractivity contribution in [3.8, 4) is 11.1 Å². The predicted molar refractivity (Wildman–Crippen MR) is 100 cm³/mol. The number of benzene rings is 2. The summed E-state index contributed by atoms with van der Waals surface area (Å²) in [7, 11) is 0. The van der Waals surface area contributed by atoms with Crippen LogP contribution in [-0.2, 0) is 6.42 Å². The van der Waals surface area contributed by atoms with Gasteiger partial charge >= 0.3 is 0 Å². The Kier molecular flexibility index (Phi) is 7.20. The number of carbonyl (C=O) groups excluding carboxylic acids is 1. The number of rotatable bonds is 9. The standard InChI is InChI=1S/C22H28O2/c1-3-4-5-6-7-8-18-9-11-19(12-10-18)20-13-15-21(16-14-20)22(24)17(2)23/h9-17,23H,3-8H2,1-2H3. The molecule has 1 N–H and O–H groups in total. The van der Waals surface area contributed by atoms with Gasteiger partial charge in [-0.05, 0) is 36.5 Å². The molecule has 0 amide bonds. The molecule has 2 rings (SSSR count). The van der Waals surface area contributed by atoms with Gasteiger partial charge in [0.25, 0.3) is 0 Å². The van der Waals surface area contributed by atoms with Crippen molar-refractivity contribution in [1.82, 2.24) is 0 Å². The van der Waals surface area contributed by atoms with Crippen molar-refractivity contribution in [3.05, 3.63) is 59.7 Å². The van der Waals surface area contributed by atoms with E-state index in [1.165, 1.54) is 44.6 Å². The monoisotopic (exact) mass is 324 g/mol. The first-order chi connectivity index (χ1) is 11.6. The summed E-state index contributed by atoms with van der Waals surface area (Å²) in [6.07, 6.45) is 6.73. The third-order valence-electron chi connectivity index (χ3n) is 4.41. The van der Waals surface area contributed by atoms with E-state index in [4.69, 9.17) is 0 Å². The van der Waals surface area contributed by atoms with Crippen LogP contribution in [0.4, 0.5) is 0 Å². The van der Waals surface area contributed by atoms with E-state index >= 15 is 0 Å². The minimum Gasteiger partial charge on any atom is -0.385 e. The largest absolute Gasteiger partial charge is 0.385 e. The molecular formula is C22H28O2. The number of unbranched alkanes of at least 4 members (excludes halogenated alkanes) is 4. The van der Waals surface area contributed by atoms with E-state index in [9.17, 15) is 9.90 Å². The van der Waals surface area contributed by atoms with Crippen LogP contribution in [0.3, 0.4) is 0 Å². The van der Waals surface area contributed by atoms with Crippen molar-refractivity contribution in [2.24, 2.45) is 0 Å². The third-order valence-corrected chi connectivity index (χ3v) is 4.41. The number of hydrogen-bond acceptors (Lipinski definition) is 2. The first kappa shape index (κ1) is 18.4. The van der Waals surface area contributed by atoms with E-state index in [2.05, 4.69) is 31.2 Å². The SMILES string of the molecule is CCCCCCCc1ccc(-c2ccc(C(=O)C(C)O)cc2)cc1. The average Bonchev–Trinajstić information content (AvgIpc) is 2.61. The molecule has 0 saturated heterocycles. The van der Waals surface area contributed by atoms with Gasteiger partial charge in [-0.25, -0.2) is 0 Å². The zero-order chi connectivity index (χ0) is 17.4. The van der Waals surface area contributed by atoms with Crippen LogP contribution in [-0.4, -0.2) is 17.0 Å². The molecule has 0 bridgehead atoms. The van der Waals surface area contributed by atoms with Crippen LogP contribution in [0.15, 0.2) is 48.5 Å². The van der Waals surface area contributed by atoms with Crippen LogP contribution in [0.1, 0.15) is 61.9 Å². The Morgan fingerprint density at radius 3 is 1.96 bits per heavy atom. The number of aliphatic hydroxyl groups is 1. The van der Waals surface area contributed by atoms with Crippen LogP contribution < -0.4 is 0 Å². The second-order valence-electron chi connectivity index (χ2n) is 6.48. The Balaban J connectivity index is 1.94. The molecule has 0 aliphatic heterocycles. The molecule has 0 aliphatic rings. The van der Waals surface area contributed by atoms with Crippen LogP contribution in [0.25, 0.3) is 11.1 Å². The van der Waals surface area contributed by atoms with Crippen LogP contribution in [0.5, 0.6) is 0 Å². The highest BCUT2D eigenvalue weighted by Crippen LogP contribution is 2.21. The lowest BCUT2D eigenvalue weighted by Crippen LogP contribution is -2.15. The van der Waals surface area contributed by atoms with Crippen molar-refractivity contribution in [2.45, 2.75) is 58.5 Å². The smallest absolute Gasteiger partial charge is 0.190 e. The van der Waals surface area contributed by atoms with E-state index in [1.54, 1.807) is 12.1 Å². The quantitative estimate of drug-likeness (QED) is 0.493. The minimum absolute atomic E-state index is 0.236. The number of ketones is 1. The van der Waals surface area contributed by atoms with Crippen molar-refractivity contribution < 1.29 is 9.90 Å². The molecule has 1 unspecified atom stereocenters. The summed E-state index contributed by atoms with van der Waals surface area (Å²) in [6.45, 7) is 3.74. The molecule has 0 spiro atoms. The first-order valence-electron chi connectivity index (χ1n) is 9.03. The van der Waals surface area contributed by atoms with Gasteiger partial charge in [0, 0.05) is 5.56 Å². The zero-order valence-corrected chi connectivity index (χ0v) is 14.8. The first-order valence-corrected chi connectivity index (χ1v) is 9.03. The highest BCUT2D eigenvalue weighted by Gasteiger charge is 2.11. The molecule has 2 aromatic rings. The fourth-order valence-electron chi connectivity index (χ4n) is 2.86. The number of hydrogen-bond donors (Lipinski definition) is 1. The van der Waals surface area contributed by atoms with Gasteiger partial charge in [0.1, 0.15) is 6.10 Å². The lowest BCUT2D eigenvalue weighted by atomic mass is 9.99. The van der Waals surface area contributed by atoms with Crippen LogP contribution in [0.2, 0.25) is 0 Å². The molecule has 2 heteroatoms. The van der Waals surface area contributed by atoms with E-state index in [1.807, 2.05) is 12.1 Å². The van der Waals surface area contributed by atoms with Gasteiger partial charge < -0.3 is 5.11 Å². The minimum atomic E-state index is -0.951. The topological polar surface area (TPSA) is 37.3 Å². The zero-order valence-electron chi connectivity index (χ0n) is 14.8. The Bertz CT molecular complexity index is 624. The maximum Gasteiger partial charge on any atom is 0.190 e. The second-order valence-corrected chi connectivity index (χ2v) is 6.48. The lowest BCUT2D eigenvalue weighted by molar-refractivity contribution is 0.0779. The van der Waals surface area contributed by atoms with Gasteiger partial charge in [-0.15, -0.1) is 0 Å². The van der Waals surface area contributed by atoms with E-state index in [0.717, 1.165) is 17.5 Å². The molecule has 2 nitrogen and oxygen atoms in total. The van der Waals surface area contributed by atoms with Gasteiger partial charge in [0.2, 0.25) is 0 Å². The van der Waals surface area contributed by atoms with Crippen LogP contribution in [0, 0.1) is 0 Å². The highest BCUT2D eigenvalue weighted by molar-refractivity contribution is 5.99. The van der Waals surface area contributed by atoms with Gasteiger partial charge in [-0.3, -0.25) is 4.79 Å². The summed E-state index contributed by atoms with van der Waals surface area (Å²) in [5.74, 6) is -0.236. The van der Waals surface area contributed by atoms with Gasteiger partial charge in [0.15, 0.2) is 5.78 Å². The highest BCUT2D eigenvalue weighted by atomic mass is 16.3. The molecule has 0 radical (unpaired) electrons. The summed E-state index contributed by atoms with van der Waals surface area (Å²) >= 11 is 0. The van der Waals surface area contributed by atoms with Crippen LogP contribution >= 0.6 is 0 Å². The molecule has 0 saturated carbocycles. The number of aryl methyl sites for hydroxylation is 1. The Morgan fingerprint density at radius 2 is 1.42 bits per heavy atom. The summed E-state index contributed by atoms with van der Waals surface area (Å²) in [5, 5.41) is 9.36. The number of carbonyl (C=O) groups is 1. The Morgan fingerprint density at radius 1 is 0.875 bits per heavy atom. The fraction of sp³-hybridized carbons (Fsp3) is 0.409. The van der Waals surface area contributed by atoms with Gasteiger partial charge in [0.05, 0.1) is 0 Å². The van der Waals surface area contributed by atoms with Crippen molar-refractivity contribution in [3.63, 3.8) is 0 Å². The fourth-order valence-corrected chi connectivity index (χ4v) is 2.86. The maximum atomic E-state index is 11.8. The summed E-state index contributed by atoms with van der Waals surface area (Å²) in [4.78, 5) is 11.8. The van der Waals surface area contributed by atoms with E-state index in [0.29, 0.717) is 5.56 Å². The van der Waals surface area contributed by atoms with E-state index in [-0.39, 0.29) is 5.78 Å². The van der Waals surface area contributed by atoms with E-state index < -0.39 is 6.10 Å². The molecular weight excluding hydrogens is 296 g/mol. The van der Waals surface area contributed by atoms with Crippen molar-refractivity contribution in [1.29, 1.82) is 0 Å². The lowest BCUT2D eigenvalue weighted by Gasteiger charge is -2.07. The predicted octanol–water partition coefficient (Wildman–Crippen LogP) is 5.43. The normalized spacial score (nSPS) is 12.1. The molecule has 0 aliphatic carbocycles. The number of Topliss-reactive ketones (excluding diaryl/α,β-unsaturated/α-hetero) is 1. The maximum absolute atomic E-state index is 11.8. The molecule has 128 valence electrons. The average molecular weight is 324 g/mol. The van der Waals surface area contributed by atoms with Gasteiger partial charge in [-0.2, -0.15) is 0 Å². The van der Waals surface area contributed by atoms with Gasteiger partial charge in [-0.1, -0.05) is 81.1 Å². The molecule has 2 aromatic carbocycles.